The first-order chi connectivity index (χ1) is 28.4. The molecule has 13 atom stereocenters. The molecule has 0 radical (unpaired) electrons. The van der Waals surface area contributed by atoms with Crippen LogP contribution in [0.5, 0.6) is 5.75 Å². The van der Waals surface area contributed by atoms with Crippen LogP contribution in [-0.4, -0.2) is 133 Å². The number of hydrogen-bond donors (Lipinski definition) is 2. The average Bonchev–Trinajstić information content (AvgIpc) is 3.20. The standard InChI is InChI=1S/C45H57NO14/c1-9-17-46(6,7)29-19-34(56-23(4)42(29)60-35-20-31(48)43(24(5)57-35)59-33-16-15-30(47)22(3)55-33)58-32-21-45(53,10-2)38(44(52)54-8)27-18-28-37(41(51)36(27)32)40(50)26-14-12-11-13-25(26)39(28)49/h9,11-14,18,22-24,29,31-35,38,42-43,48,53H,1,10,15-17,19-21H2,2-8H3/t22-,23-,24-,29-,31-,32-,33-,34-,35-,38-,42+,43+,45+/m0/s1. The van der Waals surface area contributed by atoms with E-state index in [-0.39, 0.29) is 70.9 Å². The Hall–Kier alpha value is -3.90. The first-order valence-electron chi connectivity index (χ1n) is 20.9. The number of Topliss-reactive ketones (excluding diaryl/α,β-unsaturated/α-hetero) is 1. The zero-order valence-electron chi connectivity index (χ0n) is 35.3. The number of esters is 1. The third kappa shape index (κ3) is 8.00. The highest BCUT2D eigenvalue weighted by molar-refractivity contribution is 6.29. The van der Waals surface area contributed by atoms with Crippen LogP contribution in [0.3, 0.4) is 0 Å². The van der Waals surface area contributed by atoms with Crippen LogP contribution in [0.25, 0.3) is 0 Å². The summed E-state index contributed by atoms with van der Waals surface area (Å²) in [5, 5.41) is 38.1. The van der Waals surface area contributed by atoms with Gasteiger partial charge in [-0.3, -0.25) is 19.2 Å². The second kappa shape index (κ2) is 17.1. The Morgan fingerprint density at radius 3 is 2.20 bits per heavy atom. The van der Waals surface area contributed by atoms with Gasteiger partial charge in [0.15, 0.2) is 36.2 Å². The van der Waals surface area contributed by atoms with Gasteiger partial charge >= 0.3 is 5.97 Å². The van der Waals surface area contributed by atoms with Crippen molar-refractivity contribution in [1.29, 1.82) is 0 Å². The molecule has 2 aromatic rings. The van der Waals surface area contributed by atoms with Crippen LogP contribution < -0.4 is 5.11 Å². The predicted octanol–water partition coefficient (Wildman–Crippen LogP) is 3.52. The van der Waals surface area contributed by atoms with Crippen LogP contribution in [0.2, 0.25) is 0 Å². The minimum absolute atomic E-state index is 0.00758. The molecule has 326 valence electrons. The van der Waals surface area contributed by atoms with E-state index in [2.05, 4.69) is 6.58 Å². The molecular formula is C45H57NO14. The van der Waals surface area contributed by atoms with E-state index in [0.717, 1.165) is 0 Å². The lowest BCUT2D eigenvalue weighted by molar-refractivity contribution is -0.916. The molecule has 0 aromatic heterocycles. The first-order valence-corrected chi connectivity index (χ1v) is 20.9. The molecule has 2 aromatic carbocycles. The van der Waals surface area contributed by atoms with Gasteiger partial charge in [0.05, 0.1) is 64.2 Å². The Morgan fingerprint density at radius 2 is 1.58 bits per heavy atom. The summed E-state index contributed by atoms with van der Waals surface area (Å²) in [6.07, 6.45) is -4.94. The molecule has 7 rings (SSSR count). The molecule has 0 saturated carbocycles. The number of quaternary nitrogens is 1. The maximum Gasteiger partial charge on any atom is 0.316 e. The van der Waals surface area contributed by atoms with Crippen molar-refractivity contribution >= 4 is 23.3 Å². The SMILES string of the molecule is C=CC[N+](C)(C)[C@H]1C[C@H](O[C@H]2C[C@](O)(CC)[C@H](C(=O)OC)c3cc4c(c([O-])c32)C(=O)c2ccccc2C4=O)O[C@@H](C)[C@H]1O[C@H]1C[C@H](O)[C@H](O[C@H]2CCC(=O)[C@H](C)O2)[C@H](C)O1. The normalized spacial score (nSPS) is 35.6. The Bertz CT molecular complexity index is 2000. The maximum absolute atomic E-state index is 14.7. The Morgan fingerprint density at radius 1 is 0.950 bits per heavy atom. The van der Waals surface area contributed by atoms with Gasteiger partial charge < -0.3 is 53.0 Å². The van der Waals surface area contributed by atoms with Gasteiger partial charge in [0.2, 0.25) is 0 Å². The van der Waals surface area contributed by atoms with Crippen molar-refractivity contribution in [2.24, 2.45) is 0 Å². The van der Waals surface area contributed by atoms with Crippen molar-refractivity contribution < 1.29 is 72.1 Å². The lowest BCUT2D eigenvalue weighted by Gasteiger charge is -2.50. The summed E-state index contributed by atoms with van der Waals surface area (Å²) in [6, 6.07) is 7.32. The fourth-order valence-electron chi connectivity index (χ4n) is 9.82. The molecule has 0 bridgehead atoms. The van der Waals surface area contributed by atoms with Crippen LogP contribution in [0.1, 0.15) is 121 Å². The van der Waals surface area contributed by atoms with Crippen LogP contribution in [0.4, 0.5) is 0 Å². The van der Waals surface area contributed by atoms with Crippen molar-refractivity contribution in [3.8, 4) is 5.75 Å². The lowest BCUT2D eigenvalue weighted by Crippen LogP contribution is -2.64. The van der Waals surface area contributed by atoms with E-state index in [4.69, 9.17) is 33.2 Å². The summed E-state index contributed by atoms with van der Waals surface area (Å²) in [5.74, 6) is -4.03. The van der Waals surface area contributed by atoms with E-state index >= 15 is 0 Å². The molecule has 2 aliphatic carbocycles. The monoisotopic (exact) mass is 835 g/mol. The number of ether oxygens (including phenoxy) is 7. The molecule has 0 amide bonds. The van der Waals surface area contributed by atoms with E-state index in [0.29, 0.717) is 23.9 Å². The molecule has 0 spiro atoms. The molecule has 0 unspecified atom stereocenters. The summed E-state index contributed by atoms with van der Waals surface area (Å²) in [7, 11) is 5.22. The quantitative estimate of drug-likeness (QED) is 0.162. The number of methoxy groups -OCH3 is 1. The van der Waals surface area contributed by atoms with E-state index < -0.39 is 96.4 Å². The van der Waals surface area contributed by atoms with Gasteiger partial charge in [0.25, 0.3) is 0 Å². The summed E-state index contributed by atoms with van der Waals surface area (Å²) < 4.78 is 43.6. The summed E-state index contributed by atoms with van der Waals surface area (Å²) in [6.45, 7) is 11.5. The minimum Gasteiger partial charge on any atom is -0.872 e. The maximum atomic E-state index is 14.7. The molecule has 3 aliphatic heterocycles. The number of benzene rings is 2. The number of nitrogens with zero attached hydrogens (tertiary/aromatic N) is 1. The second-order valence-corrected chi connectivity index (χ2v) is 17.4. The van der Waals surface area contributed by atoms with Crippen LogP contribution >= 0.6 is 0 Å². The number of ketones is 3. The van der Waals surface area contributed by atoms with E-state index in [1.54, 1.807) is 39.0 Å². The predicted molar refractivity (Wildman–Crippen MR) is 211 cm³/mol. The van der Waals surface area contributed by atoms with E-state index in [1.807, 2.05) is 21.0 Å². The molecule has 5 aliphatic rings. The fourth-order valence-corrected chi connectivity index (χ4v) is 9.82. The molecule has 60 heavy (non-hydrogen) atoms. The zero-order chi connectivity index (χ0) is 43.4. The van der Waals surface area contributed by atoms with Crippen molar-refractivity contribution in [3.05, 3.63) is 76.4 Å². The van der Waals surface area contributed by atoms with Gasteiger partial charge in [-0.15, -0.1) is 0 Å². The molecular weight excluding hydrogens is 778 g/mol. The number of carbonyl (C=O) groups excluding carboxylic acids is 4. The number of carbonyl (C=O) groups is 4. The van der Waals surface area contributed by atoms with Gasteiger partial charge in [0, 0.05) is 47.9 Å². The molecule has 15 heteroatoms. The summed E-state index contributed by atoms with van der Waals surface area (Å²) >= 11 is 0. The molecule has 2 N–H and O–H groups in total. The first kappa shape index (κ1) is 44.2. The lowest BCUT2D eigenvalue weighted by atomic mass is 9.67. The van der Waals surface area contributed by atoms with Gasteiger partial charge in [-0.1, -0.05) is 43.5 Å². The Balaban J connectivity index is 1.17. The van der Waals surface area contributed by atoms with Crippen molar-refractivity contribution in [3.63, 3.8) is 0 Å². The summed E-state index contributed by atoms with van der Waals surface area (Å²) in [5.41, 5.74) is -1.90. The number of rotatable bonds is 11. The van der Waals surface area contributed by atoms with Gasteiger partial charge in [-0.2, -0.15) is 0 Å². The van der Waals surface area contributed by atoms with Crippen molar-refractivity contribution in [2.75, 3.05) is 27.7 Å². The van der Waals surface area contributed by atoms with Crippen LogP contribution in [0.15, 0.2) is 43.0 Å². The van der Waals surface area contributed by atoms with Gasteiger partial charge in [-0.05, 0) is 50.5 Å². The third-order valence-corrected chi connectivity index (χ3v) is 13.1. The highest BCUT2D eigenvalue weighted by atomic mass is 16.7. The largest absolute Gasteiger partial charge is 0.872 e. The smallest absolute Gasteiger partial charge is 0.316 e. The number of hydrogen-bond acceptors (Lipinski definition) is 14. The van der Waals surface area contributed by atoms with Crippen molar-refractivity contribution in [1.82, 2.24) is 0 Å². The van der Waals surface area contributed by atoms with Crippen molar-refractivity contribution in [2.45, 2.75) is 145 Å². The average molecular weight is 836 g/mol. The molecule has 3 saturated heterocycles. The van der Waals surface area contributed by atoms with Crippen LogP contribution in [0, 0.1) is 0 Å². The highest BCUT2D eigenvalue weighted by Gasteiger charge is 2.54. The second-order valence-electron chi connectivity index (χ2n) is 17.4. The summed E-state index contributed by atoms with van der Waals surface area (Å²) in [4.78, 5) is 53.2. The van der Waals surface area contributed by atoms with E-state index in [9.17, 15) is 34.5 Å². The fraction of sp³-hybridized carbons (Fsp3) is 0.600. The Kier molecular flexibility index (Phi) is 12.6. The molecule has 15 nitrogen and oxygen atoms in total. The number of fused-ring (bicyclic) bond motifs is 3. The highest BCUT2D eigenvalue weighted by Crippen LogP contribution is 2.53. The number of aliphatic hydroxyl groups is 2. The topological polar surface area (TPSA) is 196 Å². The zero-order valence-corrected chi connectivity index (χ0v) is 35.3. The molecule has 3 fully saturated rings. The number of aliphatic hydroxyl groups excluding tert-OH is 1. The van der Waals surface area contributed by atoms with Gasteiger partial charge in [0.1, 0.15) is 30.3 Å². The Labute approximate surface area is 350 Å². The van der Waals surface area contributed by atoms with E-state index in [1.165, 1.54) is 25.3 Å². The molecule has 3 heterocycles. The third-order valence-electron chi connectivity index (χ3n) is 13.1. The van der Waals surface area contributed by atoms with Crippen LogP contribution in [-0.2, 0) is 42.7 Å². The van der Waals surface area contributed by atoms with Gasteiger partial charge in [-0.25, -0.2) is 0 Å². The minimum atomic E-state index is -1.76. The number of likely N-dealkylation sites (N-methyl/N-ethyl adjacent to an activating group) is 1.